The predicted octanol–water partition coefficient (Wildman–Crippen LogP) is 2.79. The van der Waals surface area contributed by atoms with E-state index in [1.165, 1.54) is 7.11 Å². The molecule has 0 atom stereocenters. The number of nitrogens with one attached hydrogen (secondary N) is 1. The average molecular weight is 352 g/mol. The van der Waals surface area contributed by atoms with Crippen molar-refractivity contribution >= 4 is 23.2 Å². The van der Waals surface area contributed by atoms with Gasteiger partial charge in [0, 0.05) is 24.7 Å². The van der Waals surface area contributed by atoms with Crippen LogP contribution in [0.4, 0.5) is 11.4 Å². The van der Waals surface area contributed by atoms with E-state index >= 15 is 0 Å². The summed E-state index contributed by atoms with van der Waals surface area (Å²) < 4.78 is 10.5. The lowest BCUT2D eigenvalue weighted by Gasteiger charge is -2.25. The fourth-order valence-electron chi connectivity index (χ4n) is 3.71. The summed E-state index contributed by atoms with van der Waals surface area (Å²) in [4.78, 5) is 26.6. The first-order valence-corrected chi connectivity index (χ1v) is 8.60. The van der Waals surface area contributed by atoms with Crippen molar-refractivity contribution in [3.8, 4) is 11.5 Å². The lowest BCUT2D eigenvalue weighted by atomic mass is 9.98. The van der Waals surface area contributed by atoms with Gasteiger partial charge in [-0.2, -0.15) is 0 Å². The van der Waals surface area contributed by atoms with Gasteiger partial charge in [-0.25, -0.2) is 0 Å². The van der Waals surface area contributed by atoms with Crippen molar-refractivity contribution in [3.05, 3.63) is 47.0 Å². The van der Waals surface area contributed by atoms with E-state index in [1.54, 1.807) is 25.3 Å². The molecule has 0 aliphatic carbocycles. The molecule has 0 spiro atoms. The zero-order chi connectivity index (χ0) is 18.3. The lowest BCUT2D eigenvalue weighted by Crippen LogP contribution is -2.32. The molecule has 0 aromatic heterocycles. The molecule has 2 aromatic carbocycles. The molecule has 4 rings (SSSR count). The quantitative estimate of drug-likeness (QED) is 0.919. The first-order chi connectivity index (χ1) is 12.6. The number of anilines is 2. The summed E-state index contributed by atoms with van der Waals surface area (Å²) in [7, 11) is 3.09. The highest BCUT2D eigenvalue weighted by Crippen LogP contribution is 2.39. The van der Waals surface area contributed by atoms with Crippen LogP contribution in [0.25, 0.3) is 0 Å². The van der Waals surface area contributed by atoms with Crippen molar-refractivity contribution in [1.82, 2.24) is 0 Å². The summed E-state index contributed by atoms with van der Waals surface area (Å²) in [5, 5.41) is 2.96. The molecular weight excluding hydrogens is 332 g/mol. The highest BCUT2D eigenvalue weighted by molar-refractivity contribution is 6.07. The fourth-order valence-corrected chi connectivity index (χ4v) is 3.71. The van der Waals surface area contributed by atoms with E-state index < -0.39 is 0 Å². The van der Waals surface area contributed by atoms with Crippen molar-refractivity contribution in [2.75, 3.05) is 31.0 Å². The van der Waals surface area contributed by atoms with Crippen molar-refractivity contribution in [3.63, 3.8) is 0 Å². The molecule has 0 bridgehead atoms. The zero-order valence-corrected chi connectivity index (χ0v) is 14.8. The van der Waals surface area contributed by atoms with Crippen LogP contribution in [0.15, 0.2) is 30.3 Å². The van der Waals surface area contributed by atoms with Crippen LogP contribution in [0.5, 0.6) is 11.5 Å². The fraction of sp³-hybridized carbons (Fsp3) is 0.300. The molecule has 2 aromatic rings. The zero-order valence-electron chi connectivity index (χ0n) is 14.8. The van der Waals surface area contributed by atoms with E-state index in [4.69, 9.17) is 9.47 Å². The Morgan fingerprint density at radius 3 is 2.54 bits per heavy atom. The first kappa shape index (κ1) is 16.4. The van der Waals surface area contributed by atoms with Crippen LogP contribution in [-0.2, 0) is 17.6 Å². The van der Waals surface area contributed by atoms with E-state index in [-0.39, 0.29) is 11.8 Å². The predicted molar refractivity (Wildman–Crippen MR) is 98.3 cm³/mol. The number of amides is 2. The smallest absolute Gasteiger partial charge is 0.259 e. The Morgan fingerprint density at radius 2 is 1.81 bits per heavy atom. The Kier molecular flexibility index (Phi) is 4.03. The second-order valence-electron chi connectivity index (χ2n) is 6.46. The number of hydrogen-bond donors (Lipinski definition) is 1. The van der Waals surface area contributed by atoms with Crippen molar-refractivity contribution < 1.29 is 19.1 Å². The van der Waals surface area contributed by atoms with Gasteiger partial charge in [-0.05, 0) is 48.2 Å². The Balaban J connectivity index is 1.63. The molecule has 0 unspecified atom stereocenters. The lowest BCUT2D eigenvalue weighted by molar-refractivity contribution is -0.118. The number of carbonyl (C=O) groups is 2. The number of ether oxygens (including phenoxy) is 2. The minimum Gasteiger partial charge on any atom is -0.497 e. The Labute approximate surface area is 151 Å². The number of hydrogen-bond acceptors (Lipinski definition) is 4. The molecule has 0 radical (unpaired) electrons. The summed E-state index contributed by atoms with van der Waals surface area (Å²) in [5.41, 5.74) is 4.47. The molecule has 6 nitrogen and oxygen atoms in total. The number of benzene rings is 2. The third-order valence-electron chi connectivity index (χ3n) is 4.96. The maximum Gasteiger partial charge on any atom is 0.259 e. The summed E-state index contributed by atoms with van der Waals surface area (Å²) in [6, 6.07) is 9.03. The van der Waals surface area contributed by atoms with Gasteiger partial charge in [0.2, 0.25) is 5.91 Å². The summed E-state index contributed by atoms with van der Waals surface area (Å²) in [5.74, 6) is 1.04. The second-order valence-corrected chi connectivity index (χ2v) is 6.46. The van der Waals surface area contributed by atoms with Crippen LogP contribution in [0.2, 0.25) is 0 Å². The first-order valence-electron chi connectivity index (χ1n) is 8.60. The van der Waals surface area contributed by atoms with E-state index in [9.17, 15) is 9.59 Å². The molecule has 134 valence electrons. The molecule has 26 heavy (non-hydrogen) atoms. The third-order valence-corrected chi connectivity index (χ3v) is 4.96. The maximum absolute atomic E-state index is 12.7. The topological polar surface area (TPSA) is 67.9 Å². The van der Waals surface area contributed by atoms with Gasteiger partial charge in [0.1, 0.15) is 11.5 Å². The molecule has 1 N–H and O–H groups in total. The number of carbonyl (C=O) groups excluding carboxylic acids is 2. The number of rotatable bonds is 4. The highest BCUT2D eigenvalue weighted by atomic mass is 16.5. The van der Waals surface area contributed by atoms with Crippen molar-refractivity contribution in [2.45, 2.75) is 19.3 Å². The molecule has 2 heterocycles. The van der Waals surface area contributed by atoms with Crippen LogP contribution in [0.3, 0.4) is 0 Å². The summed E-state index contributed by atoms with van der Waals surface area (Å²) in [6.07, 6.45) is 2.06. The van der Waals surface area contributed by atoms with Gasteiger partial charge in [-0.15, -0.1) is 0 Å². The molecule has 6 heteroatoms. The van der Waals surface area contributed by atoms with Gasteiger partial charge in [-0.1, -0.05) is 0 Å². The number of nitrogens with zero attached hydrogens (tertiary/aromatic N) is 1. The van der Waals surface area contributed by atoms with E-state index in [0.29, 0.717) is 29.9 Å². The number of methoxy groups -OCH3 is 2. The summed E-state index contributed by atoms with van der Waals surface area (Å²) >= 11 is 0. The molecule has 2 aliphatic heterocycles. The minimum absolute atomic E-state index is 0.191. The van der Waals surface area contributed by atoms with E-state index in [2.05, 4.69) is 5.32 Å². The monoisotopic (exact) mass is 352 g/mol. The van der Waals surface area contributed by atoms with Gasteiger partial charge >= 0.3 is 0 Å². The molecule has 2 aliphatic rings. The van der Waals surface area contributed by atoms with Crippen LogP contribution in [-0.4, -0.2) is 32.6 Å². The van der Waals surface area contributed by atoms with Gasteiger partial charge in [0.25, 0.3) is 5.91 Å². The normalized spacial score (nSPS) is 14.8. The Hall–Kier alpha value is -3.02. The van der Waals surface area contributed by atoms with Crippen LogP contribution in [0.1, 0.15) is 27.9 Å². The highest BCUT2D eigenvalue weighted by Gasteiger charge is 2.31. The maximum atomic E-state index is 12.7. The van der Waals surface area contributed by atoms with Crippen LogP contribution in [0, 0.1) is 0 Å². The summed E-state index contributed by atoms with van der Waals surface area (Å²) in [6.45, 7) is 0.727. The van der Waals surface area contributed by atoms with Crippen molar-refractivity contribution in [2.24, 2.45) is 0 Å². The van der Waals surface area contributed by atoms with Gasteiger partial charge < -0.3 is 19.7 Å². The van der Waals surface area contributed by atoms with E-state index in [0.717, 1.165) is 35.5 Å². The minimum atomic E-state index is -0.238. The standard InChI is InChI=1S/C20H20N2O4/c1-25-15-4-5-16(17(11-15)26-2)20(24)21-14-9-12-3-6-18(23)22-8-7-13(10-14)19(12)22/h4-5,9-11H,3,6-8H2,1-2H3,(H,21,24). The molecule has 2 amide bonds. The third kappa shape index (κ3) is 2.67. The van der Waals surface area contributed by atoms with Gasteiger partial charge in [0.05, 0.1) is 25.5 Å². The molecular formula is C20H20N2O4. The van der Waals surface area contributed by atoms with Crippen LogP contribution < -0.4 is 19.7 Å². The van der Waals surface area contributed by atoms with Gasteiger partial charge in [0.15, 0.2) is 0 Å². The van der Waals surface area contributed by atoms with Gasteiger partial charge in [-0.3, -0.25) is 9.59 Å². The molecule has 0 saturated heterocycles. The second kappa shape index (κ2) is 6.37. The van der Waals surface area contributed by atoms with E-state index in [1.807, 2.05) is 17.0 Å². The van der Waals surface area contributed by atoms with Crippen molar-refractivity contribution in [1.29, 1.82) is 0 Å². The SMILES string of the molecule is COc1ccc(C(=O)Nc2cc3c4c(c2)CCN4C(=O)CC3)c(OC)c1. The number of aryl methyl sites for hydroxylation is 1. The largest absolute Gasteiger partial charge is 0.497 e. The Morgan fingerprint density at radius 1 is 1.04 bits per heavy atom. The average Bonchev–Trinajstić information content (AvgIpc) is 3.09. The van der Waals surface area contributed by atoms with Crippen LogP contribution >= 0.6 is 0 Å². The molecule has 0 saturated carbocycles. The Bertz CT molecular complexity index is 907. The molecule has 0 fully saturated rings.